The van der Waals surface area contributed by atoms with Crippen molar-refractivity contribution in [1.82, 2.24) is 9.97 Å². The second kappa shape index (κ2) is 9.84. The van der Waals surface area contributed by atoms with Crippen LogP contribution in [-0.4, -0.2) is 39.9 Å². The van der Waals surface area contributed by atoms with E-state index >= 15 is 0 Å². The van der Waals surface area contributed by atoms with E-state index in [2.05, 4.69) is 20.6 Å². The van der Waals surface area contributed by atoms with Gasteiger partial charge in [-0.1, -0.05) is 17.7 Å². The van der Waals surface area contributed by atoms with Gasteiger partial charge in [-0.25, -0.2) is 14.7 Å². The second-order valence-corrected chi connectivity index (χ2v) is 8.17. The third-order valence-corrected chi connectivity index (χ3v) is 5.12. The summed E-state index contributed by atoms with van der Waals surface area (Å²) in [7, 11) is 1.57. The average molecular weight is 456 g/mol. The lowest BCUT2D eigenvalue weighted by Crippen LogP contribution is -2.40. The van der Waals surface area contributed by atoms with Gasteiger partial charge < -0.3 is 20.5 Å². The van der Waals surface area contributed by atoms with Crippen molar-refractivity contribution >= 4 is 40.8 Å². The predicted molar refractivity (Wildman–Crippen MR) is 127 cm³/mol. The largest absolute Gasteiger partial charge is 0.497 e. The molecule has 0 saturated heterocycles. The molecule has 0 aliphatic rings. The number of anilines is 4. The standard InChI is InChI=1S/C23H26ClN5O3/c1-15(23(2,3)31)26-21-25-13-12-20(28-21)29(18-8-10-19(32-4)11-9-18)22(30)27-17-7-5-6-16(24)14-17/h5-15,31H,1-4H3,(H,27,30)(H,25,26,28)/t15-/m0/s1. The number of aliphatic hydroxyl groups is 1. The van der Waals surface area contributed by atoms with Crippen LogP contribution in [0.25, 0.3) is 0 Å². The first kappa shape index (κ1) is 23.3. The first-order valence-electron chi connectivity index (χ1n) is 10.00. The van der Waals surface area contributed by atoms with E-state index in [-0.39, 0.29) is 12.0 Å². The van der Waals surface area contributed by atoms with Crippen molar-refractivity contribution < 1.29 is 14.6 Å². The zero-order valence-electron chi connectivity index (χ0n) is 18.3. The number of aromatic nitrogens is 2. The van der Waals surface area contributed by atoms with E-state index in [1.54, 1.807) is 81.8 Å². The van der Waals surface area contributed by atoms with Crippen LogP contribution in [0.15, 0.2) is 60.8 Å². The van der Waals surface area contributed by atoms with Crippen LogP contribution in [0.5, 0.6) is 5.75 Å². The molecule has 168 valence electrons. The van der Waals surface area contributed by atoms with E-state index in [0.717, 1.165) is 0 Å². The fourth-order valence-corrected chi connectivity index (χ4v) is 2.93. The Kier molecular flexibility index (Phi) is 7.17. The second-order valence-electron chi connectivity index (χ2n) is 7.73. The van der Waals surface area contributed by atoms with Gasteiger partial charge in [0, 0.05) is 23.0 Å². The highest BCUT2D eigenvalue weighted by Gasteiger charge is 2.24. The molecule has 3 rings (SSSR count). The highest BCUT2D eigenvalue weighted by Crippen LogP contribution is 2.28. The zero-order chi connectivity index (χ0) is 23.3. The lowest BCUT2D eigenvalue weighted by atomic mass is 10.0. The van der Waals surface area contributed by atoms with Crippen LogP contribution in [-0.2, 0) is 0 Å². The van der Waals surface area contributed by atoms with Gasteiger partial charge in [0.15, 0.2) is 0 Å². The van der Waals surface area contributed by atoms with Crippen molar-refractivity contribution in [2.24, 2.45) is 0 Å². The topological polar surface area (TPSA) is 99.6 Å². The summed E-state index contributed by atoms with van der Waals surface area (Å²) in [6.45, 7) is 5.20. The highest BCUT2D eigenvalue weighted by molar-refractivity contribution is 6.31. The monoisotopic (exact) mass is 455 g/mol. The van der Waals surface area contributed by atoms with E-state index in [1.165, 1.54) is 4.90 Å². The van der Waals surface area contributed by atoms with Gasteiger partial charge in [-0.05, 0) is 63.2 Å². The predicted octanol–water partition coefficient (Wildman–Crippen LogP) is 5.08. The molecule has 1 heterocycles. The van der Waals surface area contributed by atoms with E-state index in [4.69, 9.17) is 16.3 Å². The Balaban J connectivity index is 1.96. The molecule has 3 aromatic rings. The average Bonchev–Trinajstić information content (AvgIpc) is 2.74. The molecular formula is C23H26ClN5O3. The molecular weight excluding hydrogens is 430 g/mol. The SMILES string of the molecule is COc1ccc(N(C(=O)Nc2cccc(Cl)c2)c2ccnc(N[C@@H](C)C(C)(C)O)n2)cc1. The maximum atomic E-state index is 13.3. The zero-order valence-corrected chi connectivity index (χ0v) is 19.1. The quantitative estimate of drug-likeness (QED) is 0.459. The van der Waals surface area contributed by atoms with Crippen molar-refractivity contribution in [1.29, 1.82) is 0 Å². The highest BCUT2D eigenvalue weighted by atomic mass is 35.5. The van der Waals surface area contributed by atoms with Gasteiger partial charge in [0.05, 0.1) is 24.4 Å². The number of urea groups is 1. The number of nitrogens with one attached hydrogen (secondary N) is 2. The Bertz CT molecular complexity index is 1070. The van der Waals surface area contributed by atoms with E-state index < -0.39 is 11.6 Å². The Morgan fingerprint density at radius 2 is 1.91 bits per heavy atom. The molecule has 9 heteroatoms. The molecule has 3 N–H and O–H groups in total. The van der Waals surface area contributed by atoms with E-state index in [0.29, 0.717) is 28.0 Å². The normalized spacial score (nSPS) is 12.1. The molecule has 0 radical (unpaired) electrons. The molecule has 0 bridgehead atoms. The van der Waals surface area contributed by atoms with E-state index in [1.807, 2.05) is 6.92 Å². The molecule has 0 aliphatic heterocycles. The number of nitrogens with zero attached hydrogens (tertiary/aromatic N) is 3. The Morgan fingerprint density at radius 1 is 1.19 bits per heavy atom. The molecule has 0 aliphatic carbocycles. The van der Waals surface area contributed by atoms with Gasteiger partial charge in [-0.3, -0.25) is 0 Å². The fourth-order valence-electron chi connectivity index (χ4n) is 2.74. The van der Waals surface area contributed by atoms with Crippen LogP contribution in [0.1, 0.15) is 20.8 Å². The summed E-state index contributed by atoms with van der Waals surface area (Å²) < 4.78 is 5.23. The summed E-state index contributed by atoms with van der Waals surface area (Å²) >= 11 is 6.05. The molecule has 0 fully saturated rings. The van der Waals surface area contributed by atoms with Gasteiger partial charge in [-0.15, -0.1) is 0 Å². The summed E-state index contributed by atoms with van der Waals surface area (Å²) in [4.78, 5) is 23.4. The minimum atomic E-state index is -0.987. The summed E-state index contributed by atoms with van der Waals surface area (Å²) in [5, 5.41) is 16.6. The smallest absolute Gasteiger partial charge is 0.332 e. The third kappa shape index (κ3) is 5.87. The summed E-state index contributed by atoms with van der Waals surface area (Å²) in [5.41, 5.74) is 0.133. The maximum Gasteiger partial charge on any atom is 0.332 e. The van der Waals surface area contributed by atoms with Crippen molar-refractivity contribution in [3.05, 3.63) is 65.8 Å². The number of carbonyl (C=O) groups is 1. The number of carbonyl (C=O) groups excluding carboxylic acids is 1. The third-order valence-electron chi connectivity index (χ3n) is 4.88. The minimum absolute atomic E-state index is 0.284. The Hall–Kier alpha value is -3.36. The van der Waals surface area contributed by atoms with Gasteiger partial charge in [0.2, 0.25) is 5.95 Å². The number of amides is 2. The van der Waals surface area contributed by atoms with Gasteiger partial charge in [-0.2, -0.15) is 4.98 Å². The van der Waals surface area contributed by atoms with Gasteiger partial charge in [0.1, 0.15) is 11.6 Å². The van der Waals surface area contributed by atoms with Crippen LogP contribution in [0.2, 0.25) is 5.02 Å². The molecule has 0 spiro atoms. The molecule has 1 aromatic heterocycles. The first-order chi connectivity index (χ1) is 15.2. The van der Waals surface area contributed by atoms with Crippen LogP contribution >= 0.6 is 11.6 Å². The van der Waals surface area contributed by atoms with Crippen LogP contribution < -0.4 is 20.3 Å². The van der Waals surface area contributed by atoms with Gasteiger partial charge >= 0.3 is 6.03 Å². The number of hydrogen-bond acceptors (Lipinski definition) is 6. The molecule has 0 saturated carbocycles. The summed E-state index contributed by atoms with van der Waals surface area (Å²) in [5.74, 6) is 1.29. The van der Waals surface area contributed by atoms with E-state index in [9.17, 15) is 9.90 Å². The molecule has 2 aromatic carbocycles. The van der Waals surface area contributed by atoms with Crippen LogP contribution in [0.4, 0.5) is 27.9 Å². The molecule has 2 amide bonds. The molecule has 0 unspecified atom stereocenters. The number of hydrogen-bond donors (Lipinski definition) is 3. The lowest BCUT2D eigenvalue weighted by Gasteiger charge is -2.27. The van der Waals surface area contributed by atoms with Gasteiger partial charge in [0.25, 0.3) is 0 Å². The van der Waals surface area contributed by atoms with Crippen LogP contribution in [0.3, 0.4) is 0 Å². The van der Waals surface area contributed by atoms with Crippen LogP contribution in [0, 0.1) is 0 Å². The fraction of sp³-hybridized carbons (Fsp3) is 0.261. The molecule has 8 nitrogen and oxygen atoms in total. The number of halogens is 1. The maximum absolute atomic E-state index is 13.3. The summed E-state index contributed by atoms with van der Waals surface area (Å²) in [6.07, 6.45) is 1.55. The summed E-state index contributed by atoms with van der Waals surface area (Å²) in [6, 6.07) is 14.8. The Labute approximate surface area is 192 Å². The van der Waals surface area contributed by atoms with Crippen molar-refractivity contribution in [2.75, 3.05) is 22.6 Å². The molecule has 32 heavy (non-hydrogen) atoms. The first-order valence-corrected chi connectivity index (χ1v) is 10.4. The number of rotatable bonds is 7. The molecule has 1 atom stereocenters. The minimum Gasteiger partial charge on any atom is -0.497 e. The van der Waals surface area contributed by atoms with Crippen molar-refractivity contribution in [3.63, 3.8) is 0 Å². The number of methoxy groups -OCH3 is 1. The van der Waals surface area contributed by atoms with Crippen molar-refractivity contribution in [3.8, 4) is 5.75 Å². The lowest BCUT2D eigenvalue weighted by molar-refractivity contribution is 0.0646. The van der Waals surface area contributed by atoms with Crippen molar-refractivity contribution in [2.45, 2.75) is 32.4 Å². The number of ether oxygens (including phenoxy) is 1. The Morgan fingerprint density at radius 3 is 2.53 bits per heavy atom. The number of benzene rings is 2.